The van der Waals surface area contributed by atoms with E-state index >= 15 is 0 Å². The van der Waals surface area contributed by atoms with Gasteiger partial charge >= 0.3 is 6.09 Å². The van der Waals surface area contributed by atoms with Crippen LogP contribution in [-0.4, -0.2) is 42.3 Å². The second-order valence-corrected chi connectivity index (χ2v) is 9.88. The van der Waals surface area contributed by atoms with Crippen LogP contribution in [0.25, 0.3) is 0 Å². The summed E-state index contributed by atoms with van der Waals surface area (Å²) >= 11 is 0. The van der Waals surface area contributed by atoms with Gasteiger partial charge in [0.25, 0.3) is 0 Å². The topological polar surface area (TPSA) is 80.3 Å². The number of nitrogens with one attached hydrogen (secondary N) is 1. The second kappa shape index (κ2) is 13.2. The van der Waals surface area contributed by atoms with Crippen molar-refractivity contribution < 1.29 is 24.1 Å². The summed E-state index contributed by atoms with van der Waals surface area (Å²) in [7, 11) is 0. The number of hydrogen-bond donors (Lipinski definition) is 2. The molecular formula is C33H34N2O5. The van der Waals surface area contributed by atoms with Crippen molar-refractivity contribution in [1.82, 2.24) is 4.90 Å². The van der Waals surface area contributed by atoms with E-state index in [4.69, 9.17) is 14.2 Å². The molecule has 0 aromatic heterocycles. The third kappa shape index (κ3) is 7.62. The van der Waals surface area contributed by atoms with Crippen LogP contribution in [0.5, 0.6) is 17.2 Å². The van der Waals surface area contributed by atoms with E-state index in [9.17, 15) is 9.90 Å². The van der Waals surface area contributed by atoms with E-state index in [1.165, 1.54) is 0 Å². The summed E-state index contributed by atoms with van der Waals surface area (Å²) in [4.78, 5) is 14.7. The SMILES string of the molecule is O=C(Nc1cccc(OCc2ccccc2)c1)Oc1ccc(OCCN2CCC(O)(c3ccccc3)CC2)cc1. The van der Waals surface area contributed by atoms with Crippen LogP contribution in [0, 0.1) is 0 Å². The van der Waals surface area contributed by atoms with Crippen LogP contribution in [0.15, 0.2) is 109 Å². The Morgan fingerprint density at radius 3 is 2.17 bits per heavy atom. The lowest BCUT2D eigenvalue weighted by Gasteiger charge is -2.38. The number of carbonyl (C=O) groups is 1. The lowest BCUT2D eigenvalue weighted by Crippen LogP contribution is -2.43. The van der Waals surface area contributed by atoms with Crippen molar-refractivity contribution in [2.75, 3.05) is 31.6 Å². The van der Waals surface area contributed by atoms with Gasteiger partial charge in [0.1, 0.15) is 30.5 Å². The molecule has 0 aliphatic carbocycles. The van der Waals surface area contributed by atoms with Crippen molar-refractivity contribution in [3.63, 3.8) is 0 Å². The molecule has 1 aliphatic rings. The Bertz CT molecular complexity index is 1350. The summed E-state index contributed by atoms with van der Waals surface area (Å²) in [6.45, 7) is 3.39. The van der Waals surface area contributed by atoms with Crippen LogP contribution in [-0.2, 0) is 12.2 Å². The van der Waals surface area contributed by atoms with Crippen molar-refractivity contribution >= 4 is 11.8 Å². The van der Waals surface area contributed by atoms with E-state index in [1.807, 2.05) is 72.8 Å². The van der Waals surface area contributed by atoms with Gasteiger partial charge < -0.3 is 19.3 Å². The Morgan fingerprint density at radius 1 is 0.775 bits per heavy atom. The number of rotatable bonds is 10. The number of ether oxygens (including phenoxy) is 3. The van der Waals surface area contributed by atoms with Gasteiger partial charge in [0.15, 0.2) is 0 Å². The minimum atomic E-state index is -0.750. The van der Waals surface area contributed by atoms with Crippen molar-refractivity contribution in [1.29, 1.82) is 0 Å². The predicted octanol–water partition coefficient (Wildman–Crippen LogP) is 6.24. The molecule has 5 rings (SSSR count). The number of piperidine rings is 1. The first-order valence-electron chi connectivity index (χ1n) is 13.5. The van der Waals surface area contributed by atoms with Crippen molar-refractivity contribution in [2.24, 2.45) is 0 Å². The monoisotopic (exact) mass is 538 g/mol. The molecule has 1 aliphatic heterocycles. The van der Waals surface area contributed by atoms with Crippen molar-refractivity contribution in [3.05, 3.63) is 120 Å². The quantitative estimate of drug-likeness (QED) is 0.249. The van der Waals surface area contributed by atoms with Crippen LogP contribution in [0.2, 0.25) is 0 Å². The maximum atomic E-state index is 12.4. The van der Waals surface area contributed by atoms with E-state index < -0.39 is 11.7 Å². The zero-order chi connectivity index (χ0) is 27.6. The molecule has 206 valence electrons. The van der Waals surface area contributed by atoms with Gasteiger partial charge in [-0.25, -0.2) is 4.79 Å². The lowest BCUT2D eigenvalue weighted by atomic mass is 9.84. The fourth-order valence-electron chi connectivity index (χ4n) is 4.74. The zero-order valence-electron chi connectivity index (χ0n) is 22.4. The van der Waals surface area contributed by atoms with Crippen LogP contribution in [0.1, 0.15) is 24.0 Å². The zero-order valence-corrected chi connectivity index (χ0v) is 22.4. The van der Waals surface area contributed by atoms with Gasteiger partial charge in [-0.15, -0.1) is 0 Å². The molecule has 7 nitrogen and oxygen atoms in total. The molecule has 0 saturated carbocycles. The maximum absolute atomic E-state index is 12.4. The molecule has 1 fully saturated rings. The molecule has 2 N–H and O–H groups in total. The number of anilines is 1. The number of hydrogen-bond acceptors (Lipinski definition) is 6. The molecule has 1 amide bonds. The summed E-state index contributed by atoms with van der Waals surface area (Å²) in [5, 5.41) is 13.7. The Kier molecular flexibility index (Phi) is 8.96. The minimum absolute atomic E-state index is 0.414. The molecule has 0 unspecified atom stereocenters. The van der Waals surface area contributed by atoms with Crippen LogP contribution in [0.4, 0.5) is 10.5 Å². The molecule has 1 saturated heterocycles. The third-order valence-electron chi connectivity index (χ3n) is 7.03. The normalized spacial score (nSPS) is 14.7. The first-order chi connectivity index (χ1) is 19.6. The first kappa shape index (κ1) is 27.2. The van der Waals surface area contributed by atoms with E-state index in [-0.39, 0.29) is 0 Å². The van der Waals surface area contributed by atoms with Crippen molar-refractivity contribution in [3.8, 4) is 17.2 Å². The highest BCUT2D eigenvalue weighted by atomic mass is 16.6. The summed E-state index contributed by atoms with van der Waals surface area (Å²) in [6.07, 6.45) is 0.820. The summed E-state index contributed by atoms with van der Waals surface area (Å²) in [5.41, 5.74) is 1.88. The predicted molar refractivity (Wildman–Crippen MR) is 155 cm³/mol. The van der Waals surface area contributed by atoms with Gasteiger partial charge in [0.05, 0.1) is 5.60 Å². The van der Waals surface area contributed by atoms with Crippen LogP contribution >= 0.6 is 0 Å². The van der Waals surface area contributed by atoms with Gasteiger partial charge in [-0.05, 0) is 60.4 Å². The maximum Gasteiger partial charge on any atom is 0.417 e. The molecule has 1 heterocycles. The summed E-state index contributed by atoms with van der Waals surface area (Å²) in [5.74, 6) is 1.77. The minimum Gasteiger partial charge on any atom is -0.492 e. The van der Waals surface area contributed by atoms with E-state index in [1.54, 1.807) is 36.4 Å². The number of nitrogens with zero attached hydrogens (tertiary/aromatic N) is 1. The van der Waals surface area contributed by atoms with Crippen LogP contribution < -0.4 is 19.5 Å². The second-order valence-electron chi connectivity index (χ2n) is 9.88. The Labute approximate surface area is 234 Å². The molecule has 7 heteroatoms. The lowest BCUT2D eigenvalue weighted by molar-refractivity contribution is -0.0278. The average molecular weight is 539 g/mol. The number of aliphatic hydroxyl groups is 1. The van der Waals surface area contributed by atoms with E-state index in [0.29, 0.717) is 49.0 Å². The molecule has 4 aromatic carbocycles. The smallest absolute Gasteiger partial charge is 0.417 e. The highest BCUT2D eigenvalue weighted by Crippen LogP contribution is 2.32. The summed E-state index contributed by atoms with van der Waals surface area (Å²) < 4.78 is 17.1. The fraction of sp³-hybridized carbons (Fsp3) is 0.242. The van der Waals surface area contributed by atoms with Gasteiger partial charge in [0.2, 0.25) is 0 Å². The number of carbonyl (C=O) groups excluding carboxylic acids is 1. The van der Waals surface area contributed by atoms with Gasteiger partial charge in [0, 0.05) is 31.4 Å². The Morgan fingerprint density at radius 2 is 1.45 bits per heavy atom. The highest BCUT2D eigenvalue weighted by molar-refractivity contribution is 5.86. The largest absolute Gasteiger partial charge is 0.492 e. The number of likely N-dealkylation sites (tertiary alicyclic amines) is 1. The van der Waals surface area contributed by atoms with Gasteiger partial charge in [-0.3, -0.25) is 10.2 Å². The van der Waals surface area contributed by atoms with E-state index in [0.717, 1.165) is 30.8 Å². The Balaban J connectivity index is 1.02. The average Bonchev–Trinajstić information content (AvgIpc) is 2.99. The van der Waals surface area contributed by atoms with E-state index in [2.05, 4.69) is 10.2 Å². The number of amides is 1. The molecule has 0 spiro atoms. The molecular weight excluding hydrogens is 504 g/mol. The Hall–Kier alpha value is -4.33. The summed E-state index contributed by atoms with van der Waals surface area (Å²) in [6, 6.07) is 34.0. The first-order valence-corrected chi connectivity index (χ1v) is 13.5. The molecule has 0 radical (unpaired) electrons. The number of benzene rings is 4. The van der Waals surface area contributed by atoms with Gasteiger partial charge in [-0.1, -0.05) is 66.7 Å². The standard InChI is InChI=1S/C33H34N2O5/c36-32(34-28-12-7-13-31(24-28)39-25-26-8-3-1-4-9-26)40-30-16-14-29(15-17-30)38-23-22-35-20-18-33(37,19-21-35)27-10-5-2-6-11-27/h1-17,24,37H,18-23,25H2,(H,34,36). The highest BCUT2D eigenvalue weighted by Gasteiger charge is 2.33. The molecule has 40 heavy (non-hydrogen) atoms. The van der Waals surface area contributed by atoms with Crippen molar-refractivity contribution in [2.45, 2.75) is 25.0 Å². The molecule has 4 aromatic rings. The van der Waals surface area contributed by atoms with Gasteiger partial charge in [-0.2, -0.15) is 0 Å². The molecule has 0 atom stereocenters. The van der Waals surface area contributed by atoms with Crippen LogP contribution in [0.3, 0.4) is 0 Å². The third-order valence-corrected chi connectivity index (χ3v) is 7.03. The fourth-order valence-corrected chi connectivity index (χ4v) is 4.74. The molecule has 0 bridgehead atoms.